The van der Waals surface area contributed by atoms with E-state index >= 15 is 0 Å². The van der Waals surface area contributed by atoms with Crippen LogP contribution in [0.2, 0.25) is 25.7 Å². The largest absolute Gasteiger partial charge is 0.360 e. The first-order valence-corrected chi connectivity index (χ1v) is 11.1. The summed E-state index contributed by atoms with van der Waals surface area (Å²) in [6.07, 6.45) is 2.10. The summed E-state index contributed by atoms with van der Waals surface area (Å²) < 4.78 is 33.9. The molecule has 0 aliphatic heterocycles. The molecule has 120 valence electrons. The summed E-state index contributed by atoms with van der Waals surface area (Å²) in [5.41, 5.74) is 1.46. The maximum absolute atomic E-state index is 13.2. The standard InChI is InChI=1S/C16H22F2N2OSi/c1-22(2,3)7-6-21-12-20-16(4-5-19-20)10-13-8-14(17)11-15(18)9-13/h4-5,8-9,11H,6-7,10,12H2,1-3H3. The molecule has 0 aliphatic rings. The first-order valence-electron chi connectivity index (χ1n) is 7.37. The van der Waals surface area contributed by atoms with E-state index in [4.69, 9.17) is 4.74 Å². The van der Waals surface area contributed by atoms with Gasteiger partial charge in [0.25, 0.3) is 0 Å². The minimum atomic E-state index is -1.10. The van der Waals surface area contributed by atoms with Gasteiger partial charge in [0.1, 0.15) is 18.4 Å². The van der Waals surface area contributed by atoms with Gasteiger partial charge in [-0.1, -0.05) is 19.6 Å². The van der Waals surface area contributed by atoms with Crippen LogP contribution in [0.15, 0.2) is 30.5 Å². The SMILES string of the molecule is C[Si](C)(C)CCOCn1nccc1Cc1cc(F)cc(F)c1. The van der Waals surface area contributed by atoms with Crippen molar-refractivity contribution in [2.45, 2.75) is 38.8 Å². The molecular weight excluding hydrogens is 302 g/mol. The second kappa shape index (κ2) is 7.15. The Kier molecular flexibility index (Phi) is 5.47. The molecule has 3 nitrogen and oxygen atoms in total. The Balaban J connectivity index is 1.94. The van der Waals surface area contributed by atoms with Crippen LogP contribution in [0.5, 0.6) is 0 Å². The summed E-state index contributed by atoms with van der Waals surface area (Å²) in [6.45, 7) is 7.98. The van der Waals surface area contributed by atoms with Crippen molar-refractivity contribution in [2.75, 3.05) is 6.61 Å². The molecule has 0 radical (unpaired) electrons. The van der Waals surface area contributed by atoms with Gasteiger partial charge in [-0.25, -0.2) is 13.5 Å². The molecule has 0 unspecified atom stereocenters. The van der Waals surface area contributed by atoms with Crippen LogP contribution in [-0.4, -0.2) is 24.5 Å². The lowest BCUT2D eigenvalue weighted by Crippen LogP contribution is -2.22. The molecule has 0 spiro atoms. The number of hydrogen-bond acceptors (Lipinski definition) is 2. The summed E-state index contributed by atoms with van der Waals surface area (Å²) >= 11 is 0. The highest BCUT2D eigenvalue weighted by atomic mass is 28.3. The first kappa shape index (κ1) is 16.8. The summed E-state index contributed by atoms with van der Waals surface area (Å²) in [7, 11) is -1.10. The Morgan fingerprint density at radius 3 is 2.45 bits per heavy atom. The van der Waals surface area contributed by atoms with Crippen molar-refractivity contribution in [1.29, 1.82) is 0 Å². The second-order valence-corrected chi connectivity index (χ2v) is 12.2. The van der Waals surface area contributed by atoms with Gasteiger partial charge in [-0.05, 0) is 29.8 Å². The molecule has 2 aromatic rings. The van der Waals surface area contributed by atoms with Crippen LogP contribution in [0.1, 0.15) is 11.3 Å². The van der Waals surface area contributed by atoms with Crippen molar-refractivity contribution in [3.8, 4) is 0 Å². The van der Waals surface area contributed by atoms with Gasteiger partial charge in [0, 0.05) is 39.1 Å². The molecular formula is C16H22F2N2OSi. The molecule has 6 heteroatoms. The number of ether oxygens (including phenoxy) is 1. The topological polar surface area (TPSA) is 27.1 Å². The zero-order valence-corrected chi connectivity index (χ0v) is 14.3. The van der Waals surface area contributed by atoms with E-state index in [9.17, 15) is 8.78 Å². The minimum absolute atomic E-state index is 0.366. The van der Waals surface area contributed by atoms with Crippen LogP contribution < -0.4 is 0 Å². The normalized spacial score (nSPS) is 11.9. The molecule has 1 heterocycles. The average Bonchev–Trinajstić information content (AvgIpc) is 2.79. The Bertz CT molecular complexity index is 603. The molecule has 0 saturated carbocycles. The lowest BCUT2D eigenvalue weighted by molar-refractivity contribution is 0.0767. The lowest BCUT2D eigenvalue weighted by Gasteiger charge is -2.16. The third kappa shape index (κ3) is 5.34. The average molecular weight is 324 g/mol. The van der Waals surface area contributed by atoms with Crippen molar-refractivity contribution in [2.24, 2.45) is 0 Å². The minimum Gasteiger partial charge on any atom is -0.360 e. The van der Waals surface area contributed by atoms with Crippen molar-refractivity contribution < 1.29 is 13.5 Å². The van der Waals surface area contributed by atoms with E-state index in [2.05, 4.69) is 24.7 Å². The van der Waals surface area contributed by atoms with Crippen LogP contribution in [0.3, 0.4) is 0 Å². The highest BCUT2D eigenvalue weighted by molar-refractivity contribution is 6.76. The molecule has 0 aliphatic carbocycles. The second-order valence-electron chi connectivity index (χ2n) is 6.62. The van der Waals surface area contributed by atoms with E-state index < -0.39 is 19.7 Å². The zero-order valence-electron chi connectivity index (χ0n) is 13.3. The van der Waals surface area contributed by atoms with Crippen LogP contribution in [-0.2, 0) is 17.9 Å². The Hall–Kier alpha value is -1.53. The number of rotatable bonds is 7. The van der Waals surface area contributed by atoms with Crippen LogP contribution in [0.4, 0.5) is 8.78 Å². The third-order valence-electron chi connectivity index (χ3n) is 3.32. The van der Waals surface area contributed by atoms with Gasteiger partial charge in [0.05, 0.1) is 0 Å². The number of hydrogen-bond donors (Lipinski definition) is 0. The summed E-state index contributed by atoms with van der Waals surface area (Å²) in [6, 6.07) is 6.49. The van der Waals surface area contributed by atoms with Gasteiger partial charge in [-0.15, -0.1) is 0 Å². The fourth-order valence-corrected chi connectivity index (χ4v) is 2.83. The van der Waals surface area contributed by atoms with Crippen molar-refractivity contribution in [3.63, 3.8) is 0 Å². The molecule has 1 aromatic carbocycles. The first-order chi connectivity index (χ1) is 10.3. The molecule has 22 heavy (non-hydrogen) atoms. The van der Waals surface area contributed by atoms with Crippen molar-refractivity contribution in [1.82, 2.24) is 9.78 Å². The Morgan fingerprint density at radius 1 is 1.14 bits per heavy atom. The smallest absolute Gasteiger partial charge is 0.139 e. The number of benzene rings is 1. The molecule has 0 amide bonds. The third-order valence-corrected chi connectivity index (χ3v) is 5.03. The number of nitrogens with zero attached hydrogens (tertiary/aromatic N) is 2. The van der Waals surface area contributed by atoms with Gasteiger partial charge >= 0.3 is 0 Å². The monoisotopic (exact) mass is 324 g/mol. The molecule has 0 saturated heterocycles. The molecule has 0 bridgehead atoms. The molecule has 0 N–H and O–H groups in total. The maximum atomic E-state index is 13.2. The van der Waals surface area contributed by atoms with Gasteiger partial charge < -0.3 is 4.74 Å². The molecule has 2 rings (SSSR count). The Labute approximate surface area is 130 Å². The van der Waals surface area contributed by atoms with E-state index in [-0.39, 0.29) is 0 Å². The molecule has 1 aromatic heterocycles. The summed E-state index contributed by atoms with van der Waals surface area (Å²) in [5, 5.41) is 4.21. The van der Waals surface area contributed by atoms with Crippen LogP contribution in [0, 0.1) is 11.6 Å². The lowest BCUT2D eigenvalue weighted by atomic mass is 10.1. The zero-order chi connectivity index (χ0) is 16.2. The number of aromatic nitrogens is 2. The van der Waals surface area contributed by atoms with Crippen LogP contribution in [0.25, 0.3) is 0 Å². The molecule has 0 atom stereocenters. The summed E-state index contributed by atoms with van der Waals surface area (Å²) in [4.78, 5) is 0. The van der Waals surface area contributed by atoms with Crippen molar-refractivity contribution in [3.05, 3.63) is 53.4 Å². The highest BCUT2D eigenvalue weighted by Crippen LogP contribution is 2.14. The van der Waals surface area contributed by atoms with E-state index in [0.29, 0.717) is 25.3 Å². The van der Waals surface area contributed by atoms with Crippen LogP contribution >= 0.6 is 0 Å². The van der Waals surface area contributed by atoms with E-state index in [0.717, 1.165) is 17.8 Å². The molecule has 0 fully saturated rings. The van der Waals surface area contributed by atoms with Gasteiger partial charge in [0.15, 0.2) is 0 Å². The van der Waals surface area contributed by atoms with Gasteiger partial charge in [-0.2, -0.15) is 5.10 Å². The fraction of sp³-hybridized carbons (Fsp3) is 0.438. The van der Waals surface area contributed by atoms with E-state index in [1.165, 1.54) is 12.1 Å². The van der Waals surface area contributed by atoms with Gasteiger partial charge in [0.2, 0.25) is 0 Å². The fourth-order valence-electron chi connectivity index (χ4n) is 2.08. The van der Waals surface area contributed by atoms with E-state index in [1.54, 1.807) is 10.9 Å². The quantitative estimate of drug-likeness (QED) is 0.567. The van der Waals surface area contributed by atoms with E-state index in [1.807, 2.05) is 6.07 Å². The highest BCUT2D eigenvalue weighted by Gasteiger charge is 2.12. The van der Waals surface area contributed by atoms with Gasteiger partial charge in [-0.3, -0.25) is 0 Å². The summed E-state index contributed by atoms with van der Waals surface area (Å²) in [5.74, 6) is -1.13. The van der Waals surface area contributed by atoms with Crippen molar-refractivity contribution >= 4 is 8.07 Å². The predicted octanol–water partition coefficient (Wildman–Crippen LogP) is 4.06. The predicted molar refractivity (Wildman–Crippen MR) is 85.5 cm³/mol. The Morgan fingerprint density at radius 2 is 1.82 bits per heavy atom. The maximum Gasteiger partial charge on any atom is 0.139 e. The number of halogens is 2.